The second-order valence-electron chi connectivity index (χ2n) is 10.9. The highest BCUT2D eigenvalue weighted by atomic mass is 19.4. The minimum Gasteiger partial charge on any atom is -0.356 e. The number of piperidine rings is 1. The molecule has 37 heavy (non-hydrogen) atoms. The zero-order chi connectivity index (χ0) is 27.4. The second-order valence-corrected chi connectivity index (χ2v) is 10.9. The number of amides is 4. The summed E-state index contributed by atoms with van der Waals surface area (Å²) in [4.78, 5) is 51.9. The van der Waals surface area contributed by atoms with Crippen molar-refractivity contribution < 1.29 is 32.3 Å². The first kappa shape index (κ1) is 28.7. The van der Waals surface area contributed by atoms with Gasteiger partial charge in [0.25, 0.3) is 0 Å². The first-order chi connectivity index (χ1) is 17.4. The molecular formula is C25H36F3N5O4. The Kier molecular flexibility index (Phi) is 9.08. The van der Waals surface area contributed by atoms with E-state index in [1.54, 1.807) is 0 Å². The Hall–Kier alpha value is -2.84. The summed E-state index contributed by atoms with van der Waals surface area (Å²) in [5.74, 6) is -3.92. The third kappa shape index (κ3) is 6.93. The molecule has 2 heterocycles. The van der Waals surface area contributed by atoms with Gasteiger partial charge in [0.2, 0.25) is 17.7 Å². The van der Waals surface area contributed by atoms with Crippen LogP contribution in [-0.4, -0.2) is 65.9 Å². The molecule has 0 aromatic carbocycles. The molecule has 206 valence electrons. The monoisotopic (exact) mass is 527 g/mol. The van der Waals surface area contributed by atoms with Crippen molar-refractivity contribution in [1.82, 2.24) is 20.9 Å². The van der Waals surface area contributed by atoms with E-state index in [1.165, 1.54) is 4.90 Å². The lowest BCUT2D eigenvalue weighted by Crippen LogP contribution is -2.57. The summed E-state index contributed by atoms with van der Waals surface area (Å²) in [6.45, 7) is 4.60. The maximum atomic E-state index is 13.5. The van der Waals surface area contributed by atoms with E-state index in [9.17, 15) is 37.6 Å². The number of halogens is 3. The van der Waals surface area contributed by atoms with Crippen molar-refractivity contribution >= 4 is 23.6 Å². The molecule has 0 radical (unpaired) electrons. The summed E-state index contributed by atoms with van der Waals surface area (Å²) < 4.78 is 39.0. The van der Waals surface area contributed by atoms with Crippen molar-refractivity contribution in [3.63, 3.8) is 0 Å². The number of carbonyl (C=O) groups excluding carboxylic acids is 4. The van der Waals surface area contributed by atoms with Gasteiger partial charge in [-0.2, -0.15) is 18.4 Å². The predicted molar refractivity (Wildman–Crippen MR) is 126 cm³/mol. The quantitative estimate of drug-likeness (QED) is 0.481. The summed E-state index contributed by atoms with van der Waals surface area (Å²) in [6, 6.07) is -1.35. The molecule has 1 aliphatic carbocycles. The van der Waals surface area contributed by atoms with Crippen LogP contribution in [0.15, 0.2) is 0 Å². The highest BCUT2D eigenvalue weighted by molar-refractivity contribution is 5.94. The van der Waals surface area contributed by atoms with Crippen molar-refractivity contribution in [2.75, 3.05) is 13.1 Å². The van der Waals surface area contributed by atoms with Gasteiger partial charge < -0.3 is 20.9 Å². The SMILES string of the molecule is CC1(C)[C@@H]2[C@H]3C(=O)N[C@H](C#N)CCC(=O)NCCCCCCCC[C@H](NC(=O)C(F)(F)F)C(=O)N3C[C@@H]21. The normalized spacial score (nSPS) is 31.8. The Morgan fingerprint density at radius 2 is 1.73 bits per heavy atom. The number of carbonyl (C=O) groups is 4. The zero-order valence-corrected chi connectivity index (χ0v) is 21.3. The van der Waals surface area contributed by atoms with Crippen molar-refractivity contribution in [3.05, 3.63) is 0 Å². The predicted octanol–water partition coefficient (Wildman–Crippen LogP) is 2.17. The van der Waals surface area contributed by atoms with E-state index in [0.29, 0.717) is 19.4 Å². The maximum Gasteiger partial charge on any atom is 0.471 e. The van der Waals surface area contributed by atoms with Gasteiger partial charge in [0, 0.05) is 19.5 Å². The number of nitrogens with one attached hydrogen (secondary N) is 3. The average molecular weight is 528 g/mol. The molecule has 4 amide bonds. The number of alkyl halides is 3. The van der Waals surface area contributed by atoms with Gasteiger partial charge >= 0.3 is 12.1 Å². The van der Waals surface area contributed by atoms with Crippen LogP contribution in [0.2, 0.25) is 0 Å². The van der Waals surface area contributed by atoms with E-state index < -0.39 is 42.0 Å². The molecule has 9 nitrogen and oxygen atoms in total. The molecule has 0 unspecified atom stereocenters. The van der Waals surface area contributed by atoms with Gasteiger partial charge in [0.1, 0.15) is 18.1 Å². The van der Waals surface area contributed by atoms with Crippen molar-refractivity contribution in [1.29, 1.82) is 5.26 Å². The molecular weight excluding hydrogens is 491 g/mol. The van der Waals surface area contributed by atoms with Gasteiger partial charge in [-0.1, -0.05) is 46.0 Å². The molecule has 2 aliphatic heterocycles. The molecule has 3 rings (SSSR count). The first-order valence-electron chi connectivity index (χ1n) is 13.0. The number of rotatable bonds is 1. The minimum atomic E-state index is -5.14. The molecule has 12 heteroatoms. The molecule has 0 aromatic rings. The molecule has 3 fully saturated rings. The Bertz CT molecular complexity index is 932. The van der Waals surface area contributed by atoms with Crippen molar-refractivity contribution in [3.8, 4) is 6.07 Å². The fourth-order valence-electron chi connectivity index (χ4n) is 5.71. The van der Waals surface area contributed by atoms with E-state index in [1.807, 2.05) is 25.2 Å². The Morgan fingerprint density at radius 1 is 1.08 bits per heavy atom. The smallest absolute Gasteiger partial charge is 0.356 e. The number of hydrogen-bond acceptors (Lipinski definition) is 5. The first-order valence-corrected chi connectivity index (χ1v) is 13.0. The van der Waals surface area contributed by atoms with E-state index >= 15 is 0 Å². The Morgan fingerprint density at radius 3 is 2.38 bits per heavy atom. The zero-order valence-electron chi connectivity index (χ0n) is 21.3. The molecule has 0 aromatic heterocycles. The van der Waals surface area contributed by atoms with Crippen LogP contribution < -0.4 is 16.0 Å². The van der Waals surface area contributed by atoms with Crippen molar-refractivity contribution in [2.24, 2.45) is 17.3 Å². The number of nitrogens with zero attached hydrogens (tertiary/aromatic N) is 2. The number of hydrogen-bond donors (Lipinski definition) is 3. The molecule has 0 bridgehead atoms. The van der Waals surface area contributed by atoms with E-state index in [0.717, 1.165) is 25.7 Å². The van der Waals surface area contributed by atoms with Gasteiger partial charge in [-0.3, -0.25) is 19.2 Å². The van der Waals surface area contributed by atoms with Crippen molar-refractivity contribution in [2.45, 2.75) is 95.9 Å². The average Bonchev–Trinajstić information content (AvgIpc) is 3.16. The molecule has 5 atom stereocenters. The summed E-state index contributed by atoms with van der Waals surface area (Å²) in [5, 5.41) is 16.8. The number of fused-ring (bicyclic) bond motifs is 3. The molecule has 3 aliphatic rings. The fraction of sp³-hybridized carbons (Fsp3) is 0.800. The Labute approximate surface area is 214 Å². The highest BCUT2D eigenvalue weighted by Gasteiger charge is 2.69. The summed E-state index contributed by atoms with van der Waals surface area (Å²) in [6.07, 6.45) is -0.562. The largest absolute Gasteiger partial charge is 0.471 e. The lowest BCUT2D eigenvalue weighted by atomic mass is 9.98. The van der Waals surface area contributed by atoms with Gasteiger partial charge in [-0.05, 0) is 36.5 Å². The lowest BCUT2D eigenvalue weighted by Gasteiger charge is -2.33. The molecule has 3 N–H and O–H groups in total. The molecule has 2 saturated heterocycles. The molecule has 1 saturated carbocycles. The third-order valence-electron chi connectivity index (χ3n) is 8.00. The van der Waals surface area contributed by atoms with Gasteiger partial charge in [0.05, 0.1) is 6.07 Å². The van der Waals surface area contributed by atoms with Crippen LogP contribution >= 0.6 is 0 Å². The van der Waals surface area contributed by atoms with Crippen LogP contribution in [0.4, 0.5) is 13.2 Å². The highest BCUT2D eigenvalue weighted by Crippen LogP contribution is 2.64. The summed E-state index contributed by atoms with van der Waals surface area (Å²) >= 11 is 0. The third-order valence-corrected chi connectivity index (χ3v) is 8.00. The summed E-state index contributed by atoms with van der Waals surface area (Å²) in [7, 11) is 0. The van der Waals surface area contributed by atoms with E-state index in [2.05, 4.69) is 10.6 Å². The lowest BCUT2D eigenvalue weighted by molar-refractivity contribution is -0.175. The Balaban J connectivity index is 1.83. The van der Waals surface area contributed by atoms with E-state index in [-0.39, 0.29) is 49.0 Å². The standard InChI is InChI=1S/C25H36F3N5O4/c1-24(2)16-14-33-20(19(16)24)21(35)31-15(13-29)10-11-18(34)30-12-8-6-4-3-5-7-9-17(22(33)36)32-23(37)25(26,27)28/h15-17,19-20H,3-12,14H2,1-2H3,(H,30,34)(H,31,35)(H,32,37)/t15-,16-,17-,19-,20-/m0/s1. The number of nitriles is 1. The topological polar surface area (TPSA) is 131 Å². The van der Waals surface area contributed by atoms with E-state index in [4.69, 9.17) is 0 Å². The molecule has 0 spiro atoms. The fourth-order valence-corrected chi connectivity index (χ4v) is 5.71. The summed E-state index contributed by atoms with van der Waals surface area (Å²) in [5.41, 5.74) is -0.249. The van der Waals surface area contributed by atoms with Crippen LogP contribution in [-0.2, 0) is 19.2 Å². The van der Waals surface area contributed by atoms with Gasteiger partial charge in [-0.25, -0.2) is 0 Å². The minimum absolute atomic E-state index is 0.0182. The van der Waals surface area contributed by atoms with Crippen LogP contribution in [0.25, 0.3) is 0 Å². The van der Waals surface area contributed by atoms with Gasteiger partial charge in [-0.15, -0.1) is 0 Å². The van der Waals surface area contributed by atoms with Crippen LogP contribution in [0.1, 0.15) is 71.6 Å². The second kappa shape index (κ2) is 11.7. The van der Waals surface area contributed by atoms with Gasteiger partial charge in [0.15, 0.2) is 0 Å². The van der Waals surface area contributed by atoms with Crippen LogP contribution in [0.5, 0.6) is 0 Å². The van der Waals surface area contributed by atoms with Crippen LogP contribution in [0, 0.1) is 28.6 Å². The van der Waals surface area contributed by atoms with Crippen LogP contribution in [0.3, 0.4) is 0 Å². The maximum absolute atomic E-state index is 13.5.